The summed E-state index contributed by atoms with van der Waals surface area (Å²) in [5, 5.41) is 3.24. The van der Waals surface area contributed by atoms with Crippen LogP contribution in [0.1, 0.15) is 29.8 Å². The van der Waals surface area contributed by atoms with E-state index in [-0.39, 0.29) is 11.9 Å². The van der Waals surface area contributed by atoms with Crippen molar-refractivity contribution in [3.8, 4) is 23.2 Å². The van der Waals surface area contributed by atoms with Gasteiger partial charge in [-0.3, -0.25) is 14.3 Å². The summed E-state index contributed by atoms with van der Waals surface area (Å²) in [5.41, 5.74) is 2.89. The van der Waals surface area contributed by atoms with Crippen LogP contribution in [-0.2, 0) is 11.3 Å². The van der Waals surface area contributed by atoms with Crippen molar-refractivity contribution in [2.45, 2.75) is 32.5 Å². The number of fused-ring (bicyclic) bond motifs is 1. The van der Waals surface area contributed by atoms with Crippen molar-refractivity contribution < 1.29 is 19.0 Å². The zero-order valence-corrected chi connectivity index (χ0v) is 24.1. The number of nitrogens with zero attached hydrogens (tertiary/aromatic N) is 6. The minimum Gasteiger partial charge on any atom is -0.497 e. The fraction of sp³-hybridized carbons (Fsp3) is 0.355. The number of benzene rings is 2. The van der Waals surface area contributed by atoms with Gasteiger partial charge in [0.2, 0.25) is 11.9 Å². The van der Waals surface area contributed by atoms with Gasteiger partial charge in [0, 0.05) is 50.3 Å². The Hall–Kier alpha value is -4.64. The third-order valence-electron chi connectivity index (χ3n) is 7.59. The minimum atomic E-state index is -0.478. The van der Waals surface area contributed by atoms with Gasteiger partial charge in [0.15, 0.2) is 11.5 Å². The number of carbonyl (C=O) groups is 1. The monoisotopic (exact) mass is 569 g/mol. The maximum Gasteiger partial charge on any atom is 0.244 e. The minimum absolute atomic E-state index is 0.0716. The molecule has 0 radical (unpaired) electrons. The molecular formula is C31H35N7O4. The molecule has 11 nitrogen and oxygen atoms in total. The maximum absolute atomic E-state index is 14.0. The molecule has 42 heavy (non-hydrogen) atoms. The normalized spacial score (nSPS) is 17.5. The molecule has 2 unspecified atom stereocenters. The van der Waals surface area contributed by atoms with Crippen LogP contribution in [0.3, 0.4) is 0 Å². The molecule has 1 saturated heterocycles. The lowest BCUT2D eigenvalue weighted by Gasteiger charge is -2.41. The van der Waals surface area contributed by atoms with Gasteiger partial charge in [0.25, 0.3) is 0 Å². The first-order chi connectivity index (χ1) is 20.5. The highest BCUT2D eigenvalue weighted by molar-refractivity contribution is 5.86. The number of imidazole rings is 1. The fourth-order valence-electron chi connectivity index (χ4n) is 5.41. The van der Waals surface area contributed by atoms with Gasteiger partial charge in [-0.2, -0.15) is 4.98 Å². The Morgan fingerprint density at radius 2 is 1.95 bits per heavy atom. The number of rotatable bonds is 8. The Morgan fingerprint density at radius 1 is 1.10 bits per heavy atom. The van der Waals surface area contributed by atoms with Crippen molar-refractivity contribution in [2.75, 3.05) is 44.9 Å². The SMILES string of the molecule is COc1cccc(C(C)NC(=O)C2CN(Cc3ccc4c(c3)OCCO4)CCN2c2cc(C)nc(-n3ccnc3)n2)c1. The zero-order valence-electron chi connectivity index (χ0n) is 24.1. The van der Waals surface area contributed by atoms with Gasteiger partial charge in [-0.15, -0.1) is 0 Å². The second kappa shape index (κ2) is 12.1. The second-order valence-electron chi connectivity index (χ2n) is 10.6. The van der Waals surface area contributed by atoms with E-state index in [2.05, 4.69) is 31.2 Å². The number of amides is 1. The van der Waals surface area contributed by atoms with E-state index in [0.29, 0.717) is 44.6 Å². The predicted octanol–water partition coefficient (Wildman–Crippen LogP) is 3.32. The summed E-state index contributed by atoms with van der Waals surface area (Å²) in [4.78, 5) is 32.0. The van der Waals surface area contributed by atoms with Crippen LogP contribution in [0.2, 0.25) is 0 Å². The molecule has 2 aromatic carbocycles. The summed E-state index contributed by atoms with van der Waals surface area (Å²) in [6, 6.07) is 15.1. The van der Waals surface area contributed by atoms with Gasteiger partial charge in [-0.1, -0.05) is 18.2 Å². The topological polar surface area (TPSA) is 107 Å². The van der Waals surface area contributed by atoms with E-state index >= 15 is 0 Å². The molecule has 1 N–H and O–H groups in total. The number of carbonyl (C=O) groups excluding carboxylic acids is 1. The molecule has 2 atom stereocenters. The molecule has 4 heterocycles. The molecule has 218 valence electrons. The highest BCUT2D eigenvalue weighted by Crippen LogP contribution is 2.32. The standard InChI is InChI=1S/C31H35N7O4/c1-21-15-29(35-31(33-21)37-10-9-32-20-37)38-12-11-36(18-23-7-8-27-28(16-23)42-14-13-41-27)19-26(38)30(39)34-22(2)24-5-4-6-25(17-24)40-3/h4-10,15-17,20,22,26H,11-14,18-19H2,1-3H3,(H,34,39). The average Bonchev–Trinajstić information content (AvgIpc) is 3.56. The molecule has 0 aliphatic carbocycles. The number of piperazine rings is 1. The van der Waals surface area contributed by atoms with Crippen molar-refractivity contribution >= 4 is 11.7 Å². The van der Waals surface area contributed by atoms with Crippen LogP contribution in [0.4, 0.5) is 5.82 Å². The molecule has 2 aromatic heterocycles. The largest absolute Gasteiger partial charge is 0.497 e. The lowest BCUT2D eigenvalue weighted by atomic mass is 10.1. The molecule has 0 saturated carbocycles. The molecule has 4 aromatic rings. The van der Waals surface area contributed by atoms with E-state index in [1.165, 1.54) is 0 Å². The summed E-state index contributed by atoms with van der Waals surface area (Å²) in [6.45, 7) is 7.61. The molecule has 11 heteroatoms. The van der Waals surface area contributed by atoms with E-state index in [1.54, 1.807) is 24.2 Å². The number of hydrogen-bond acceptors (Lipinski definition) is 9. The smallest absolute Gasteiger partial charge is 0.244 e. The van der Waals surface area contributed by atoms with Gasteiger partial charge in [0.05, 0.1) is 13.2 Å². The van der Waals surface area contributed by atoms with Crippen LogP contribution in [-0.4, -0.2) is 76.3 Å². The Bertz CT molecular complexity index is 1540. The summed E-state index contributed by atoms with van der Waals surface area (Å²) in [5.74, 6) is 3.44. The second-order valence-corrected chi connectivity index (χ2v) is 10.6. The number of hydrogen-bond donors (Lipinski definition) is 1. The highest BCUT2D eigenvalue weighted by atomic mass is 16.6. The molecular weight excluding hydrogens is 534 g/mol. The average molecular weight is 570 g/mol. The van der Waals surface area contributed by atoms with E-state index in [9.17, 15) is 4.79 Å². The number of anilines is 1. The first-order valence-electron chi connectivity index (χ1n) is 14.1. The Labute approximate surface area is 245 Å². The number of ether oxygens (including phenoxy) is 3. The lowest BCUT2D eigenvalue weighted by Crippen LogP contribution is -2.59. The molecule has 1 fully saturated rings. The van der Waals surface area contributed by atoms with Crippen molar-refractivity contribution in [3.05, 3.63) is 84.1 Å². The highest BCUT2D eigenvalue weighted by Gasteiger charge is 2.34. The van der Waals surface area contributed by atoms with E-state index in [0.717, 1.165) is 40.6 Å². The van der Waals surface area contributed by atoms with Gasteiger partial charge in [-0.25, -0.2) is 9.97 Å². The van der Waals surface area contributed by atoms with Crippen LogP contribution in [0.15, 0.2) is 67.3 Å². The van der Waals surface area contributed by atoms with Gasteiger partial charge >= 0.3 is 0 Å². The van der Waals surface area contributed by atoms with Crippen LogP contribution in [0.25, 0.3) is 5.95 Å². The van der Waals surface area contributed by atoms with Crippen molar-refractivity contribution in [1.82, 2.24) is 29.7 Å². The Kier molecular flexibility index (Phi) is 7.91. The van der Waals surface area contributed by atoms with Crippen molar-refractivity contribution in [2.24, 2.45) is 0 Å². The zero-order chi connectivity index (χ0) is 29.1. The van der Waals surface area contributed by atoms with Crippen LogP contribution >= 0.6 is 0 Å². The number of methoxy groups -OCH3 is 1. The summed E-state index contributed by atoms with van der Waals surface area (Å²) in [7, 11) is 1.64. The van der Waals surface area contributed by atoms with Crippen molar-refractivity contribution in [1.29, 1.82) is 0 Å². The molecule has 6 rings (SSSR count). The first-order valence-corrected chi connectivity index (χ1v) is 14.1. The third kappa shape index (κ3) is 6.01. The van der Waals surface area contributed by atoms with Gasteiger partial charge in [0.1, 0.15) is 37.2 Å². The molecule has 2 aliphatic rings. The predicted molar refractivity (Wildman–Crippen MR) is 157 cm³/mol. The quantitative estimate of drug-likeness (QED) is 0.342. The number of aromatic nitrogens is 4. The van der Waals surface area contributed by atoms with Gasteiger partial charge in [-0.05, 0) is 49.2 Å². The number of aryl methyl sites for hydroxylation is 1. The van der Waals surface area contributed by atoms with Crippen LogP contribution < -0.4 is 24.4 Å². The Balaban J connectivity index is 1.26. The number of nitrogens with one attached hydrogen (secondary N) is 1. The first kappa shape index (κ1) is 27.5. The molecule has 0 spiro atoms. The summed E-state index contributed by atoms with van der Waals surface area (Å²) < 4.78 is 18.7. The third-order valence-corrected chi connectivity index (χ3v) is 7.59. The summed E-state index contributed by atoms with van der Waals surface area (Å²) >= 11 is 0. The van der Waals surface area contributed by atoms with E-state index in [1.807, 2.05) is 62.5 Å². The maximum atomic E-state index is 14.0. The molecule has 1 amide bonds. The molecule has 2 aliphatic heterocycles. The van der Waals surface area contributed by atoms with Crippen molar-refractivity contribution in [3.63, 3.8) is 0 Å². The summed E-state index contributed by atoms with van der Waals surface area (Å²) in [6.07, 6.45) is 5.17. The van der Waals surface area contributed by atoms with E-state index in [4.69, 9.17) is 19.2 Å². The van der Waals surface area contributed by atoms with E-state index < -0.39 is 6.04 Å². The van der Waals surface area contributed by atoms with Crippen LogP contribution in [0, 0.1) is 6.92 Å². The lowest BCUT2D eigenvalue weighted by molar-refractivity contribution is -0.124. The van der Waals surface area contributed by atoms with Gasteiger partial charge < -0.3 is 24.4 Å². The fourth-order valence-corrected chi connectivity index (χ4v) is 5.41. The molecule has 0 bridgehead atoms. The van der Waals surface area contributed by atoms with Crippen LogP contribution in [0.5, 0.6) is 17.2 Å². The Morgan fingerprint density at radius 3 is 2.76 bits per heavy atom.